The van der Waals surface area contributed by atoms with Crippen molar-refractivity contribution in [2.75, 3.05) is 0 Å². The monoisotopic (exact) mass is 291 g/mol. The quantitative estimate of drug-likeness (QED) is 0.843. The van der Waals surface area contributed by atoms with E-state index in [9.17, 15) is 14.7 Å². The van der Waals surface area contributed by atoms with Crippen molar-refractivity contribution in [3.05, 3.63) is 28.2 Å². The molecule has 1 unspecified atom stereocenters. The van der Waals surface area contributed by atoms with Gasteiger partial charge in [0.2, 0.25) is 0 Å². The van der Waals surface area contributed by atoms with Crippen molar-refractivity contribution in [1.29, 1.82) is 0 Å². The van der Waals surface area contributed by atoms with Gasteiger partial charge in [-0.05, 0) is 30.7 Å². The third kappa shape index (κ3) is 2.83. The Bertz CT molecular complexity index is 721. The number of aryl methyl sites for hydroxylation is 1. The lowest BCUT2D eigenvalue weighted by Crippen LogP contribution is -2.32. The normalized spacial score (nSPS) is 13.9. The Morgan fingerprint density at radius 2 is 2.24 bits per heavy atom. The molecular weight excluding hydrogens is 274 g/mol. The summed E-state index contributed by atoms with van der Waals surface area (Å²) in [5.74, 6) is -0.665. The molecule has 2 aromatic heterocycles. The fraction of sp³-hybridized carbons (Fsp3) is 0.462. The summed E-state index contributed by atoms with van der Waals surface area (Å²) in [6, 6.07) is 1.45. The molecule has 0 spiro atoms. The van der Waals surface area contributed by atoms with Crippen molar-refractivity contribution in [3.8, 4) is 11.4 Å². The molecule has 8 heteroatoms. The lowest BCUT2D eigenvalue weighted by Gasteiger charge is -2.22. The van der Waals surface area contributed by atoms with E-state index in [1.807, 2.05) is 0 Å². The number of H-pyrrole nitrogens is 1. The summed E-state index contributed by atoms with van der Waals surface area (Å²) in [5.41, 5.74) is -0.168. The predicted octanol–water partition coefficient (Wildman–Crippen LogP) is 0.838. The van der Waals surface area contributed by atoms with E-state index in [1.54, 1.807) is 20.8 Å². The third-order valence-corrected chi connectivity index (χ3v) is 3.63. The lowest BCUT2D eigenvalue weighted by atomic mass is 9.88. The van der Waals surface area contributed by atoms with Crippen LogP contribution in [0.25, 0.3) is 11.4 Å². The molecule has 2 N–H and O–H groups in total. The molecule has 0 amide bonds. The van der Waals surface area contributed by atoms with Gasteiger partial charge < -0.3 is 10.1 Å². The van der Waals surface area contributed by atoms with E-state index < -0.39 is 11.4 Å². The molecule has 0 saturated carbocycles. The molecule has 0 saturated heterocycles. The van der Waals surface area contributed by atoms with Crippen molar-refractivity contribution in [3.63, 3.8) is 0 Å². The van der Waals surface area contributed by atoms with Crippen molar-refractivity contribution < 1.29 is 9.90 Å². The van der Waals surface area contributed by atoms with E-state index >= 15 is 0 Å². The molecule has 21 heavy (non-hydrogen) atoms. The molecule has 0 aromatic carbocycles. The van der Waals surface area contributed by atoms with E-state index in [0.717, 1.165) is 5.69 Å². The van der Waals surface area contributed by atoms with Gasteiger partial charge in [-0.3, -0.25) is 9.59 Å². The number of nitrogens with zero attached hydrogens (tertiary/aromatic N) is 4. The van der Waals surface area contributed by atoms with Crippen LogP contribution in [0.15, 0.2) is 17.1 Å². The average Bonchev–Trinajstić information content (AvgIpc) is 2.86. The first kappa shape index (κ1) is 14.9. The molecule has 2 aromatic rings. The summed E-state index contributed by atoms with van der Waals surface area (Å²) in [6.07, 6.45) is 1.95. The number of aromatic amines is 1. The second-order valence-electron chi connectivity index (χ2n) is 5.27. The average molecular weight is 291 g/mol. The van der Waals surface area contributed by atoms with Crippen LogP contribution in [0.2, 0.25) is 0 Å². The summed E-state index contributed by atoms with van der Waals surface area (Å²) < 4.78 is 1.36. The van der Waals surface area contributed by atoms with Crippen LogP contribution in [0.3, 0.4) is 0 Å². The fourth-order valence-electron chi connectivity index (χ4n) is 1.91. The molecule has 112 valence electrons. The van der Waals surface area contributed by atoms with E-state index in [0.29, 0.717) is 12.0 Å². The van der Waals surface area contributed by atoms with Gasteiger partial charge in [0.25, 0.3) is 0 Å². The van der Waals surface area contributed by atoms with Crippen LogP contribution in [0, 0.1) is 12.3 Å². The SMILES string of the molecule is CCC(C)(Cn1nnnc1-c1c[nH]c(C)cc1=O)C(=O)O. The van der Waals surface area contributed by atoms with Crippen molar-refractivity contribution >= 4 is 5.97 Å². The van der Waals surface area contributed by atoms with Crippen LogP contribution in [0.4, 0.5) is 0 Å². The highest BCUT2D eigenvalue weighted by atomic mass is 16.4. The highest BCUT2D eigenvalue weighted by Gasteiger charge is 2.33. The third-order valence-electron chi connectivity index (χ3n) is 3.63. The van der Waals surface area contributed by atoms with Gasteiger partial charge in [0.05, 0.1) is 17.5 Å². The van der Waals surface area contributed by atoms with Gasteiger partial charge >= 0.3 is 5.97 Å². The maximum Gasteiger partial charge on any atom is 0.311 e. The first-order chi connectivity index (χ1) is 9.87. The van der Waals surface area contributed by atoms with Gasteiger partial charge in [0, 0.05) is 18.0 Å². The Morgan fingerprint density at radius 1 is 1.52 bits per heavy atom. The van der Waals surface area contributed by atoms with Crippen LogP contribution < -0.4 is 5.43 Å². The number of tetrazole rings is 1. The number of hydrogen-bond acceptors (Lipinski definition) is 5. The zero-order chi connectivity index (χ0) is 15.6. The molecule has 0 aliphatic rings. The molecule has 2 rings (SSSR count). The van der Waals surface area contributed by atoms with Crippen LogP contribution >= 0.6 is 0 Å². The Hall–Kier alpha value is -2.51. The standard InChI is InChI=1S/C13H17N5O3/c1-4-13(3,12(20)21)7-18-11(15-16-17-18)9-6-14-8(2)5-10(9)19/h5-6H,4,7H2,1-3H3,(H,14,19)(H,20,21). The van der Waals surface area contributed by atoms with Gasteiger partial charge in [-0.25, -0.2) is 4.68 Å². The second-order valence-corrected chi connectivity index (χ2v) is 5.27. The van der Waals surface area contributed by atoms with Gasteiger partial charge in [-0.15, -0.1) is 5.10 Å². The number of carboxylic acids is 1. The predicted molar refractivity (Wildman–Crippen MR) is 74.6 cm³/mol. The van der Waals surface area contributed by atoms with Crippen LogP contribution in [0.1, 0.15) is 26.0 Å². The first-order valence-electron chi connectivity index (χ1n) is 6.56. The summed E-state index contributed by atoms with van der Waals surface area (Å²) in [4.78, 5) is 26.3. The zero-order valence-corrected chi connectivity index (χ0v) is 12.1. The number of aliphatic carboxylic acids is 1. The number of carbonyl (C=O) groups is 1. The lowest BCUT2D eigenvalue weighted by molar-refractivity contribution is -0.149. The van der Waals surface area contributed by atoms with E-state index in [2.05, 4.69) is 20.5 Å². The molecule has 1 atom stereocenters. The van der Waals surface area contributed by atoms with E-state index in [4.69, 9.17) is 0 Å². The number of aromatic nitrogens is 5. The van der Waals surface area contributed by atoms with Gasteiger partial charge in [0.15, 0.2) is 11.3 Å². The second kappa shape index (κ2) is 5.47. The molecule has 8 nitrogen and oxygen atoms in total. The van der Waals surface area contributed by atoms with Crippen molar-refractivity contribution in [2.45, 2.75) is 33.7 Å². The Kier molecular flexibility index (Phi) is 3.88. The molecule has 0 radical (unpaired) electrons. The first-order valence-corrected chi connectivity index (χ1v) is 6.56. The largest absolute Gasteiger partial charge is 0.481 e. The number of rotatable bonds is 5. The van der Waals surface area contributed by atoms with E-state index in [1.165, 1.54) is 16.9 Å². The molecule has 0 aliphatic carbocycles. The smallest absolute Gasteiger partial charge is 0.311 e. The summed E-state index contributed by atoms with van der Waals surface area (Å²) in [5, 5.41) is 20.5. The number of pyridine rings is 1. The Morgan fingerprint density at radius 3 is 2.81 bits per heavy atom. The minimum atomic E-state index is -0.998. The summed E-state index contributed by atoms with van der Waals surface area (Å²) in [7, 11) is 0. The molecule has 2 heterocycles. The van der Waals surface area contributed by atoms with Crippen LogP contribution in [-0.2, 0) is 11.3 Å². The topological polar surface area (TPSA) is 114 Å². The maximum absolute atomic E-state index is 12.0. The number of hydrogen-bond donors (Lipinski definition) is 2. The fourth-order valence-corrected chi connectivity index (χ4v) is 1.91. The number of carboxylic acid groups (broad SMARTS) is 1. The molecule has 0 fully saturated rings. The van der Waals surface area contributed by atoms with Crippen LogP contribution in [0.5, 0.6) is 0 Å². The summed E-state index contributed by atoms with van der Waals surface area (Å²) in [6.45, 7) is 5.28. The van der Waals surface area contributed by atoms with E-state index in [-0.39, 0.29) is 17.8 Å². The van der Waals surface area contributed by atoms with Crippen LogP contribution in [-0.4, -0.2) is 36.3 Å². The Balaban J connectivity index is 2.44. The van der Waals surface area contributed by atoms with Crippen molar-refractivity contribution in [1.82, 2.24) is 25.2 Å². The summed E-state index contributed by atoms with van der Waals surface area (Å²) >= 11 is 0. The van der Waals surface area contributed by atoms with Gasteiger partial charge in [-0.2, -0.15) is 0 Å². The molecule has 0 aliphatic heterocycles. The van der Waals surface area contributed by atoms with Gasteiger partial charge in [0.1, 0.15) is 0 Å². The number of nitrogens with one attached hydrogen (secondary N) is 1. The minimum absolute atomic E-state index is 0.0917. The molecular formula is C13H17N5O3. The van der Waals surface area contributed by atoms with Crippen molar-refractivity contribution in [2.24, 2.45) is 5.41 Å². The maximum atomic E-state index is 12.0. The highest BCUT2D eigenvalue weighted by Crippen LogP contribution is 2.25. The van der Waals surface area contributed by atoms with Gasteiger partial charge in [-0.1, -0.05) is 6.92 Å². The Labute approximate surface area is 120 Å². The highest BCUT2D eigenvalue weighted by molar-refractivity contribution is 5.74. The minimum Gasteiger partial charge on any atom is -0.481 e. The zero-order valence-electron chi connectivity index (χ0n) is 12.1. The molecule has 0 bridgehead atoms.